The lowest BCUT2D eigenvalue weighted by atomic mass is 9.95. The number of aliphatic hydroxyl groups is 1. The Hall–Kier alpha value is -4.64. The van der Waals surface area contributed by atoms with Gasteiger partial charge in [-0.05, 0) is 60.5 Å². The van der Waals surface area contributed by atoms with Crippen LogP contribution in [0.5, 0.6) is 23.0 Å². The van der Waals surface area contributed by atoms with Crippen molar-refractivity contribution in [3.05, 3.63) is 77.1 Å². The number of ketones is 1. The molecular weight excluding hydrogens is 563 g/mol. The number of anilines is 1. The molecule has 0 radical (unpaired) electrons. The van der Waals surface area contributed by atoms with Crippen LogP contribution in [-0.4, -0.2) is 48.7 Å². The Balaban J connectivity index is 1.51. The summed E-state index contributed by atoms with van der Waals surface area (Å²) in [4.78, 5) is 33.0. The number of hydrogen-bond acceptors (Lipinski definition) is 9. The number of nitrogens with zero attached hydrogens (tertiary/aromatic N) is 2. The normalized spacial score (nSPS) is 17.6. The van der Waals surface area contributed by atoms with Crippen LogP contribution in [0.1, 0.15) is 36.9 Å². The number of hydrogen-bond donors (Lipinski definition) is 1. The number of halogens is 1. The molecule has 6 rings (SSSR count). The molecule has 1 N–H and O–H groups in total. The number of aliphatic hydroxyl groups excluding tert-OH is 1. The molecule has 1 fully saturated rings. The first-order valence-corrected chi connectivity index (χ1v) is 14.3. The second kappa shape index (κ2) is 11.3. The number of benzene rings is 3. The smallest absolute Gasteiger partial charge is 0.301 e. The molecule has 1 unspecified atom stereocenters. The van der Waals surface area contributed by atoms with E-state index in [0.717, 1.165) is 24.2 Å². The molecule has 4 aromatic rings. The zero-order valence-electron chi connectivity index (χ0n) is 22.9. The molecule has 1 aromatic heterocycles. The van der Waals surface area contributed by atoms with Crippen molar-refractivity contribution in [1.82, 2.24) is 4.98 Å². The van der Waals surface area contributed by atoms with Crippen LogP contribution in [-0.2, 0) is 9.59 Å². The number of carbonyl (C=O) groups is 2. The van der Waals surface area contributed by atoms with Crippen LogP contribution in [0.3, 0.4) is 0 Å². The Morgan fingerprint density at radius 1 is 1.07 bits per heavy atom. The Bertz CT molecular complexity index is 1730. The molecule has 3 aromatic carbocycles. The zero-order chi connectivity index (χ0) is 29.4. The predicted molar refractivity (Wildman–Crippen MR) is 155 cm³/mol. The Morgan fingerprint density at radius 2 is 1.88 bits per heavy atom. The fourth-order valence-corrected chi connectivity index (χ4v) is 6.00. The highest BCUT2D eigenvalue weighted by Gasteiger charge is 2.48. The maximum absolute atomic E-state index is 14.0. The molecule has 9 nitrogen and oxygen atoms in total. The van der Waals surface area contributed by atoms with Gasteiger partial charge in [0, 0.05) is 5.56 Å². The van der Waals surface area contributed by atoms with Gasteiger partial charge in [-0.15, -0.1) is 0 Å². The van der Waals surface area contributed by atoms with E-state index in [-0.39, 0.29) is 22.0 Å². The first-order valence-electron chi connectivity index (χ1n) is 13.5. The highest BCUT2D eigenvalue weighted by molar-refractivity contribution is 7.22. The number of carbonyl (C=O) groups excluding carboxylic acids is 2. The van der Waals surface area contributed by atoms with Crippen molar-refractivity contribution < 1.29 is 38.0 Å². The average Bonchev–Trinajstić information content (AvgIpc) is 3.54. The fourth-order valence-electron chi connectivity index (χ4n) is 4.98. The van der Waals surface area contributed by atoms with E-state index in [2.05, 4.69) is 11.9 Å². The van der Waals surface area contributed by atoms with E-state index in [1.807, 2.05) is 0 Å². The van der Waals surface area contributed by atoms with Crippen LogP contribution in [0.4, 0.5) is 9.52 Å². The maximum Gasteiger partial charge on any atom is 0.301 e. The molecule has 3 heterocycles. The number of rotatable bonds is 8. The maximum atomic E-state index is 14.0. The van der Waals surface area contributed by atoms with Gasteiger partial charge < -0.3 is 24.1 Å². The van der Waals surface area contributed by atoms with Crippen LogP contribution in [0.2, 0.25) is 0 Å². The first kappa shape index (κ1) is 27.5. The molecule has 216 valence electrons. The minimum atomic E-state index is -1.07. The van der Waals surface area contributed by atoms with Crippen LogP contribution in [0.15, 0.2) is 60.2 Å². The SMILES string of the molecule is CCCCOc1ccc(C2/C(=C(\O)c3ccc4c(c3)OCCO4)C(=O)C(=O)N2c2nc3ccc(F)cc3s2)cc1OC. The summed E-state index contributed by atoms with van der Waals surface area (Å²) < 4.78 is 37.2. The lowest BCUT2D eigenvalue weighted by molar-refractivity contribution is -0.132. The Morgan fingerprint density at radius 3 is 2.67 bits per heavy atom. The third kappa shape index (κ3) is 4.89. The summed E-state index contributed by atoms with van der Waals surface area (Å²) >= 11 is 1.07. The summed E-state index contributed by atoms with van der Waals surface area (Å²) in [5.41, 5.74) is 1.10. The van der Waals surface area contributed by atoms with Gasteiger partial charge in [-0.25, -0.2) is 9.37 Å². The Kier molecular flexibility index (Phi) is 7.42. The molecule has 0 spiro atoms. The number of unbranched alkanes of at least 4 members (excludes halogenated alkanes) is 1. The van der Waals surface area contributed by atoms with Crippen molar-refractivity contribution in [2.45, 2.75) is 25.8 Å². The molecule has 1 atom stereocenters. The number of thiazole rings is 1. The van der Waals surface area contributed by atoms with Crippen molar-refractivity contribution in [2.24, 2.45) is 0 Å². The van der Waals surface area contributed by atoms with E-state index in [0.29, 0.717) is 58.6 Å². The first-order chi connectivity index (χ1) is 20.4. The van der Waals surface area contributed by atoms with Gasteiger partial charge >= 0.3 is 5.91 Å². The van der Waals surface area contributed by atoms with Gasteiger partial charge in [0.15, 0.2) is 28.1 Å². The summed E-state index contributed by atoms with van der Waals surface area (Å²) in [5.74, 6) is -0.750. The number of ether oxygens (including phenoxy) is 4. The molecule has 11 heteroatoms. The molecule has 2 aliphatic heterocycles. The summed E-state index contributed by atoms with van der Waals surface area (Å²) in [7, 11) is 1.50. The second-order valence-corrected chi connectivity index (χ2v) is 10.8. The van der Waals surface area contributed by atoms with Crippen molar-refractivity contribution in [2.75, 3.05) is 31.8 Å². The van der Waals surface area contributed by atoms with Crippen molar-refractivity contribution >= 4 is 44.1 Å². The average molecular weight is 591 g/mol. The van der Waals surface area contributed by atoms with E-state index in [1.165, 1.54) is 30.2 Å². The van der Waals surface area contributed by atoms with Crippen LogP contribution in [0, 0.1) is 5.82 Å². The number of amides is 1. The molecule has 42 heavy (non-hydrogen) atoms. The number of aromatic nitrogens is 1. The molecule has 0 aliphatic carbocycles. The highest BCUT2D eigenvalue weighted by atomic mass is 32.1. The van der Waals surface area contributed by atoms with Crippen molar-refractivity contribution in [3.63, 3.8) is 0 Å². The third-order valence-electron chi connectivity index (χ3n) is 7.06. The standard InChI is InChI=1S/C31H27FN2O7S/c1-3-4-11-39-21-9-5-17(14-23(21)38-2)27-26(28(35)18-6-10-22-24(15-18)41-13-12-40-22)29(36)30(37)34(27)31-33-20-8-7-19(32)16-25(20)42-31/h5-10,14-16,27,35H,3-4,11-13H2,1-2H3/b28-26+. The zero-order valence-corrected chi connectivity index (χ0v) is 23.7. The van der Waals surface area contributed by atoms with Gasteiger partial charge in [-0.2, -0.15) is 0 Å². The highest BCUT2D eigenvalue weighted by Crippen LogP contribution is 2.46. The van der Waals surface area contributed by atoms with Gasteiger partial charge in [0.05, 0.1) is 35.5 Å². The van der Waals surface area contributed by atoms with Crippen molar-refractivity contribution in [1.29, 1.82) is 0 Å². The topological polar surface area (TPSA) is 107 Å². The lowest BCUT2D eigenvalue weighted by Gasteiger charge is -2.24. The van der Waals surface area contributed by atoms with Crippen molar-refractivity contribution in [3.8, 4) is 23.0 Å². The molecule has 2 aliphatic rings. The lowest BCUT2D eigenvalue weighted by Crippen LogP contribution is -2.29. The van der Waals surface area contributed by atoms with Crippen LogP contribution in [0.25, 0.3) is 16.0 Å². The largest absolute Gasteiger partial charge is 0.507 e. The van der Waals surface area contributed by atoms with E-state index in [1.54, 1.807) is 36.4 Å². The predicted octanol–water partition coefficient (Wildman–Crippen LogP) is 6.02. The minimum Gasteiger partial charge on any atom is -0.507 e. The monoisotopic (exact) mass is 590 g/mol. The van der Waals surface area contributed by atoms with Crippen LogP contribution < -0.4 is 23.8 Å². The molecule has 0 saturated carbocycles. The summed E-state index contributed by atoms with van der Waals surface area (Å²) in [5, 5.41) is 11.8. The van der Waals surface area contributed by atoms with E-state index in [9.17, 15) is 19.1 Å². The molecular formula is C31H27FN2O7S. The fraction of sp³-hybridized carbons (Fsp3) is 0.258. The van der Waals surface area contributed by atoms with Gasteiger partial charge in [0.2, 0.25) is 0 Å². The van der Waals surface area contributed by atoms with Gasteiger partial charge in [0.25, 0.3) is 5.78 Å². The molecule has 1 amide bonds. The van der Waals surface area contributed by atoms with Gasteiger partial charge in [-0.1, -0.05) is 30.7 Å². The number of fused-ring (bicyclic) bond motifs is 2. The van der Waals surface area contributed by atoms with Gasteiger partial charge in [-0.3, -0.25) is 14.5 Å². The van der Waals surface area contributed by atoms with E-state index < -0.39 is 23.5 Å². The molecule has 1 saturated heterocycles. The third-order valence-corrected chi connectivity index (χ3v) is 8.08. The summed E-state index contributed by atoms with van der Waals surface area (Å²) in [6.07, 6.45) is 1.82. The quantitative estimate of drug-likeness (QED) is 0.115. The van der Waals surface area contributed by atoms with E-state index >= 15 is 0 Å². The summed E-state index contributed by atoms with van der Waals surface area (Å²) in [6.45, 7) is 3.30. The summed E-state index contributed by atoms with van der Waals surface area (Å²) in [6, 6.07) is 13.0. The molecule has 0 bridgehead atoms. The van der Waals surface area contributed by atoms with Crippen LogP contribution >= 0.6 is 11.3 Å². The van der Waals surface area contributed by atoms with E-state index in [4.69, 9.17) is 18.9 Å². The second-order valence-electron chi connectivity index (χ2n) is 9.75. The van der Waals surface area contributed by atoms with Gasteiger partial charge in [0.1, 0.15) is 24.8 Å². The number of methoxy groups -OCH3 is 1. The Labute approximate surface area is 244 Å². The minimum absolute atomic E-state index is 0.135. The number of Topliss-reactive ketones (excluding diaryl/α,β-unsaturated/α-hetero) is 1.